The molecule has 1 aromatic carbocycles. The van der Waals surface area contributed by atoms with Crippen LogP contribution < -0.4 is 4.72 Å². The Labute approximate surface area is 125 Å². The first-order chi connectivity index (χ1) is 9.78. The van der Waals surface area contributed by atoms with Gasteiger partial charge in [-0.3, -0.25) is 0 Å². The summed E-state index contributed by atoms with van der Waals surface area (Å²) < 4.78 is 41.1. The maximum absolute atomic E-state index is 14.0. The molecule has 0 heterocycles. The minimum atomic E-state index is -3.93. The predicted octanol–water partition coefficient (Wildman–Crippen LogP) is 2.03. The largest absolute Gasteiger partial charge is 0.384 e. The van der Waals surface area contributed by atoms with Crippen LogP contribution in [-0.2, 0) is 10.0 Å². The molecular formula is C15H20FNO3S. The van der Waals surface area contributed by atoms with Crippen LogP contribution in [0, 0.1) is 17.7 Å². The van der Waals surface area contributed by atoms with Crippen molar-refractivity contribution in [1.29, 1.82) is 0 Å². The number of hydrogen-bond acceptors (Lipinski definition) is 3. The van der Waals surface area contributed by atoms with Crippen molar-refractivity contribution >= 4 is 10.0 Å². The normalized spacial score (nSPS) is 11.9. The van der Waals surface area contributed by atoms with Crippen LogP contribution in [0.3, 0.4) is 0 Å². The van der Waals surface area contributed by atoms with E-state index in [1.54, 1.807) is 6.92 Å². The summed E-state index contributed by atoms with van der Waals surface area (Å²) in [5, 5.41) is 8.59. The Hall–Kier alpha value is -1.42. The van der Waals surface area contributed by atoms with Gasteiger partial charge in [-0.2, -0.15) is 0 Å². The second-order valence-corrected chi connectivity index (χ2v) is 6.63. The second-order valence-electron chi connectivity index (χ2n) is 4.98. The fraction of sp³-hybridized carbons (Fsp3) is 0.467. The van der Waals surface area contributed by atoms with Crippen molar-refractivity contribution in [3.05, 3.63) is 29.6 Å². The van der Waals surface area contributed by atoms with Crippen LogP contribution in [0.5, 0.6) is 0 Å². The van der Waals surface area contributed by atoms with Crippen LogP contribution in [0.4, 0.5) is 4.39 Å². The fourth-order valence-corrected chi connectivity index (χ4v) is 3.32. The van der Waals surface area contributed by atoms with Crippen LogP contribution >= 0.6 is 0 Å². The molecule has 1 rings (SSSR count). The van der Waals surface area contributed by atoms with Gasteiger partial charge in [-0.25, -0.2) is 17.5 Å². The highest BCUT2D eigenvalue weighted by molar-refractivity contribution is 7.89. The van der Waals surface area contributed by atoms with Gasteiger partial charge in [0.25, 0.3) is 0 Å². The number of halogens is 1. The van der Waals surface area contributed by atoms with Gasteiger partial charge in [0.1, 0.15) is 17.3 Å². The third-order valence-corrected chi connectivity index (χ3v) is 5.15. The van der Waals surface area contributed by atoms with Crippen molar-refractivity contribution in [2.24, 2.45) is 0 Å². The molecule has 6 heteroatoms. The Bertz CT molecular complexity index is 655. The molecule has 0 amide bonds. The molecular weight excluding hydrogens is 293 g/mol. The number of hydrogen-bond donors (Lipinski definition) is 2. The lowest BCUT2D eigenvalue weighted by atomic mass is 9.98. The quantitative estimate of drug-likeness (QED) is 0.817. The minimum absolute atomic E-state index is 0.314. The molecule has 116 valence electrons. The van der Waals surface area contributed by atoms with Crippen LogP contribution in [0.2, 0.25) is 0 Å². The molecule has 0 saturated carbocycles. The Balaban J connectivity index is 3.15. The first-order valence-electron chi connectivity index (χ1n) is 6.71. The Kier molecular flexibility index (Phi) is 5.90. The van der Waals surface area contributed by atoms with Crippen LogP contribution in [0.15, 0.2) is 23.1 Å². The molecule has 0 aromatic heterocycles. The molecule has 2 N–H and O–H groups in total. The van der Waals surface area contributed by atoms with E-state index in [1.807, 2.05) is 13.8 Å². The molecule has 0 bridgehead atoms. The van der Waals surface area contributed by atoms with Gasteiger partial charge in [-0.1, -0.05) is 25.7 Å². The van der Waals surface area contributed by atoms with Gasteiger partial charge in [0.05, 0.1) is 0 Å². The smallest absolute Gasteiger partial charge is 0.243 e. The summed E-state index contributed by atoms with van der Waals surface area (Å²) in [4.78, 5) is -0.398. The number of rotatable bonds is 5. The molecule has 0 aliphatic rings. The summed E-state index contributed by atoms with van der Waals surface area (Å²) in [6, 6.07) is 3.65. The van der Waals surface area contributed by atoms with E-state index in [2.05, 4.69) is 16.6 Å². The topological polar surface area (TPSA) is 66.4 Å². The highest BCUT2D eigenvalue weighted by Crippen LogP contribution is 2.21. The molecule has 0 saturated heterocycles. The maximum Gasteiger partial charge on any atom is 0.243 e. The van der Waals surface area contributed by atoms with E-state index < -0.39 is 26.3 Å². The molecule has 0 fully saturated rings. The molecule has 0 unspecified atom stereocenters. The van der Waals surface area contributed by atoms with Crippen molar-refractivity contribution in [3.63, 3.8) is 0 Å². The van der Waals surface area contributed by atoms with Crippen LogP contribution in [-0.4, -0.2) is 25.7 Å². The molecule has 21 heavy (non-hydrogen) atoms. The Morgan fingerprint density at radius 3 is 2.43 bits per heavy atom. The summed E-state index contributed by atoms with van der Waals surface area (Å²) in [7, 11) is -3.93. The lowest BCUT2D eigenvalue weighted by Crippen LogP contribution is -2.45. The van der Waals surface area contributed by atoms with E-state index in [0.29, 0.717) is 18.4 Å². The molecule has 0 atom stereocenters. The molecule has 0 aliphatic heterocycles. The highest BCUT2D eigenvalue weighted by Gasteiger charge is 2.29. The second kappa shape index (κ2) is 7.03. The number of benzene rings is 1. The van der Waals surface area contributed by atoms with Gasteiger partial charge in [0.2, 0.25) is 10.0 Å². The van der Waals surface area contributed by atoms with Crippen LogP contribution in [0.1, 0.15) is 39.2 Å². The standard InChI is InChI=1S/C15H20FNO3S/c1-4-15(3,5-2)17-21(19,20)14-9-8-12(7-6-10-18)11-13(14)16/h8-9,11,17-18H,4-5,10H2,1-3H3. The van der Waals surface area contributed by atoms with Crippen LogP contribution in [0.25, 0.3) is 0 Å². The Morgan fingerprint density at radius 1 is 1.33 bits per heavy atom. The van der Waals surface area contributed by atoms with Crippen molar-refractivity contribution in [1.82, 2.24) is 4.72 Å². The lowest BCUT2D eigenvalue weighted by Gasteiger charge is -2.27. The van der Waals surface area contributed by atoms with Crippen molar-refractivity contribution in [2.45, 2.75) is 44.0 Å². The first kappa shape index (κ1) is 17.6. The number of sulfonamides is 1. The highest BCUT2D eigenvalue weighted by atomic mass is 32.2. The number of nitrogens with one attached hydrogen (secondary N) is 1. The average Bonchev–Trinajstić information content (AvgIpc) is 2.44. The lowest BCUT2D eigenvalue weighted by molar-refractivity contribution is 0.350. The third kappa shape index (κ3) is 4.53. The van der Waals surface area contributed by atoms with Crippen molar-refractivity contribution < 1.29 is 17.9 Å². The van der Waals surface area contributed by atoms with Crippen molar-refractivity contribution in [3.8, 4) is 11.8 Å². The molecule has 0 radical (unpaired) electrons. The van der Waals surface area contributed by atoms with Gasteiger partial charge in [0.15, 0.2) is 0 Å². The van der Waals surface area contributed by atoms with Gasteiger partial charge < -0.3 is 5.11 Å². The van der Waals surface area contributed by atoms with E-state index in [9.17, 15) is 12.8 Å². The predicted molar refractivity (Wildman–Crippen MR) is 79.7 cm³/mol. The first-order valence-corrected chi connectivity index (χ1v) is 8.19. The third-order valence-electron chi connectivity index (χ3n) is 3.47. The zero-order valence-electron chi connectivity index (χ0n) is 12.4. The molecule has 4 nitrogen and oxygen atoms in total. The summed E-state index contributed by atoms with van der Waals surface area (Å²) in [5.74, 6) is 4.05. The fourth-order valence-electron chi connectivity index (χ4n) is 1.71. The van der Waals surface area contributed by atoms with E-state index in [4.69, 9.17) is 5.11 Å². The van der Waals surface area contributed by atoms with Gasteiger partial charge >= 0.3 is 0 Å². The van der Waals surface area contributed by atoms with E-state index in [-0.39, 0.29) is 6.61 Å². The average molecular weight is 313 g/mol. The summed E-state index contributed by atoms with van der Waals surface area (Å²) in [5.41, 5.74) is -0.296. The summed E-state index contributed by atoms with van der Waals surface area (Å²) >= 11 is 0. The molecule has 0 spiro atoms. The van der Waals surface area contributed by atoms with E-state index in [0.717, 1.165) is 6.07 Å². The summed E-state index contributed by atoms with van der Waals surface area (Å²) in [6.07, 6.45) is 1.20. The van der Waals surface area contributed by atoms with E-state index >= 15 is 0 Å². The zero-order chi connectivity index (χ0) is 16.1. The minimum Gasteiger partial charge on any atom is -0.384 e. The molecule has 0 aliphatic carbocycles. The molecule has 1 aromatic rings. The Morgan fingerprint density at radius 2 is 1.95 bits per heavy atom. The SMILES string of the molecule is CCC(C)(CC)NS(=O)(=O)c1ccc(C#CCO)cc1F. The van der Waals surface area contributed by atoms with Gasteiger partial charge in [-0.05, 0) is 38.0 Å². The van der Waals surface area contributed by atoms with Crippen molar-refractivity contribution in [2.75, 3.05) is 6.61 Å². The maximum atomic E-state index is 14.0. The van der Waals surface area contributed by atoms with E-state index in [1.165, 1.54) is 12.1 Å². The number of aliphatic hydroxyl groups excluding tert-OH is 1. The van der Waals surface area contributed by atoms with Gasteiger partial charge in [-0.15, -0.1) is 0 Å². The summed E-state index contributed by atoms with van der Waals surface area (Å²) in [6.45, 7) is 5.18. The zero-order valence-corrected chi connectivity index (χ0v) is 13.2. The monoisotopic (exact) mass is 313 g/mol. The van der Waals surface area contributed by atoms with Gasteiger partial charge in [0, 0.05) is 11.1 Å². The number of aliphatic hydroxyl groups is 1.